The van der Waals surface area contributed by atoms with Gasteiger partial charge in [-0.2, -0.15) is 4.68 Å². The molecule has 1 aliphatic heterocycles. The average Bonchev–Trinajstić information content (AvgIpc) is 3.10. The summed E-state index contributed by atoms with van der Waals surface area (Å²) in [5.41, 5.74) is 0.568. The van der Waals surface area contributed by atoms with Crippen molar-refractivity contribution < 1.29 is 14.2 Å². The molecular formula is C13H15N4O3S+. The third kappa shape index (κ3) is 3.01. The Balaban J connectivity index is 1.87. The van der Waals surface area contributed by atoms with Crippen LogP contribution in [0.3, 0.4) is 0 Å². The molecule has 1 saturated heterocycles. The van der Waals surface area contributed by atoms with Gasteiger partial charge in [-0.1, -0.05) is 6.07 Å². The van der Waals surface area contributed by atoms with Crippen molar-refractivity contribution in [1.29, 1.82) is 0 Å². The lowest BCUT2D eigenvalue weighted by molar-refractivity contribution is -0.911. The number of quaternary nitrogens is 1. The smallest absolute Gasteiger partial charge is 0.292 e. The van der Waals surface area contributed by atoms with Crippen LogP contribution in [0, 0.1) is 15.0 Å². The molecule has 3 rings (SSSR count). The van der Waals surface area contributed by atoms with Gasteiger partial charge in [0.2, 0.25) is 5.89 Å². The fourth-order valence-corrected chi connectivity index (χ4v) is 2.70. The van der Waals surface area contributed by atoms with Crippen LogP contribution < -0.4 is 4.90 Å². The summed E-state index contributed by atoms with van der Waals surface area (Å²) in [5.74, 6) is 0.322. The first-order valence-corrected chi connectivity index (χ1v) is 7.20. The molecule has 1 aromatic carbocycles. The number of rotatable bonds is 4. The fraction of sp³-hybridized carbons (Fsp3) is 0.385. The van der Waals surface area contributed by atoms with Gasteiger partial charge >= 0.3 is 0 Å². The van der Waals surface area contributed by atoms with Gasteiger partial charge in [0.05, 0.1) is 18.0 Å². The zero-order valence-corrected chi connectivity index (χ0v) is 12.1. The molecule has 21 heavy (non-hydrogen) atoms. The lowest BCUT2D eigenvalue weighted by atomic mass is 10.2. The number of nitro groups is 1. The third-order valence-electron chi connectivity index (χ3n) is 3.59. The second-order valence-corrected chi connectivity index (χ2v) is 5.44. The Morgan fingerprint density at radius 1 is 1.43 bits per heavy atom. The molecule has 0 spiro atoms. The van der Waals surface area contributed by atoms with E-state index >= 15 is 0 Å². The molecule has 110 valence electrons. The van der Waals surface area contributed by atoms with E-state index in [2.05, 4.69) is 5.10 Å². The summed E-state index contributed by atoms with van der Waals surface area (Å²) >= 11 is 5.18. The minimum Gasteiger partial charge on any atom is -0.409 e. The minimum atomic E-state index is -0.441. The third-order valence-corrected chi connectivity index (χ3v) is 3.89. The van der Waals surface area contributed by atoms with Crippen LogP contribution in [0.4, 0.5) is 5.69 Å². The second kappa shape index (κ2) is 5.74. The van der Waals surface area contributed by atoms with Gasteiger partial charge in [-0.05, 0) is 18.3 Å². The zero-order valence-electron chi connectivity index (χ0n) is 11.3. The van der Waals surface area contributed by atoms with Gasteiger partial charge < -0.3 is 9.32 Å². The number of nitrogens with one attached hydrogen (secondary N) is 1. The Morgan fingerprint density at radius 3 is 2.90 bits per heavy atom. The Morgan fingerprint density at radius 2 is 2.19 bits per heavy atom. The van der Waals surface area contributed by atoms with E-state index in [4.69, 9.17) is 16.6 Å². The van der Waals surface area contributed by atoms with Crippen molar-refractivity contribution in [1.82, 2.24) is 9.78 Å². The highest BCUT2D eigenvalue weighted by Crippen LogP contribution is 2.22. The average molecular weight is 307 g/mol. The van der Waals surface area contributed by atoms with E-state index in [-0.39, 0.29) is 5.69 Å². The molecule has 7 nitrogen and oxygen atoms in total. The first-order valence-electron chi connectivity index (χ1n) is 6.80. The molecule has 1 N–H and O–H groups in total. The number of non-ortho nitro benzene ring substituents is 1. The maximum Gasteiger partial charge on any atom is 0.292 e. The number of hydrogen-bond acceptors (Lipinski definition) is 5. The van der Waals surface area contributed by atoms with E-state index in [1.807, 2.05) is 0 Å². The zero-order chi connectivity index (χ0) is 14.8. The van der Waals surface area contributed by atoms with Crippen molar-refractivity contribution in [3.8, 4) is 11.5 Å². The van der Waals surface area contributed by atoms with Crippen LogP contribution in [0.15, 0.2) is 28.7 Å². The van der Waals surface area contributed by atoms with Crippen LogP contribution in [-0.2, 0) is 6.67 Å². The van der Waals surface area contributed by atoms with E-state index in [1.165, 1.54) is 29.9 Å². The van der Waals surface area contributed by atoms with E-state index in [0.29, 0.717) is 23.0 Å². The van der Waals surface area contributed by atoms with Gasteiger partial charge in [0, 0.05) is 30.5 Å². The SMILES string of the molecule is O=[N+]([O-])c1cccc(-c2nn(C[NH+]3CCCC3)c(=S)o2)c1. The normalized spacial score (nSPS) is 15.4. The molecule has 0 saturated carbocycles. The lowest BCUT2D eigenvalue weighted by Crippen LogP contribution is -3.09. The van der Waals surface area contributed by atoms with Crippen molar-refractivity contribution in [3.05, 3.63) is 39.2 Å². The van der Waals surface area contributed by atoms with Crippen LogP contribution in [0.2, 0.25) is 0 Å². The molecule has 2 heterocycles. The molecule has 1 aromatic heterocycles. The van der Waals surface area contributed by atoms with E-state index in [0.717, 1.165) is 13.1 Å². The molecule has 0 atom stereocenters. The van der Waals surface area contributed by atoms with Crippen molar-refractivity contribution in [2.45, 2.75) is 19.5 Å². The van der Waals surface area contributed by atoms with Crippen molar-refractivity contribution in [2.75, 3.05) is 13.1 Å². The number of nitrogens with zero attached hydrogens (tertiary/aromatic N) is 3. The molecule has 0 amide bonds. The predicted molar refractivity (Wildman–Crippen MR) is 77.3 cm³/mol. The molecule has 0 unspecified atom stereocenters. The molecule has 0 bridgehead atoms. The van der Waals surface area contributed by atoms with Crippen LogP contribution in [0.5, 0.6) is 0 Å². The highest BCUT2D eigenvalue weighted by Gasteiger charge is 2.18. The molecule has 0 radical (unpaired) electrons. The first kappa shape index (κ1) is 13.9. The van der Waals surface area contributed by atoms with Gasteiger partial charge in [0.25, 0.3) is 10.5 Å². The topological polar surface area (TPSA) is 78.5 Å². The summed E-state index contributed by atoms with van der Waals surface area (Å²) < 4.78 is 7.13. The minimum absolute atomic E-state index is 0.00772. The number of hydrogen-bond donors (Lipinski definition) is 1. The molecule has 2 aromatic rings. The van der Waals surface area contributed by atoms with E-state index in [1.54, 1.807) is 16.8 Å². The summed E-state index contributed by atoms with van der Waals surface area (Å²) in [6.07, 6.45) is 2.44. The maximum atomic E-state index is 10.8. The Bertz CT molecular complexity index is 718. The van der Waals surface area contributed by atoms with Crippen molar-refractivity contribution in [2.24, 2.45) is 0 Å². The number of likely N-dealkylation sites (tertiary alicyclic amines) is 1. The summed E-state index contributed by atoms with van der Waals surface area (Å²) in [6.45, 7) is 2.90. The monoisotopic (exact) mass is 307 g/mol. The van der Waals surface area contributed by atoms with Gasteiger partial charge in [-0.25, -0.2) is 0 Å². The molecule has 1 aliphatic rings. The van der Waals surface area contributed by atoms with Gasteiger partial charge in [-0.15, -0.1) is 5.10 Å². The van der Waals surface area contributed by atoms with Gasteiger partial charge in [-0.3, -0.25) is 10.1 Å². The molecule has 1 fully saturated rings. The van der Waals surface area contributed by atoms with Crippen LogP contribution in [-0.4, -0.2) is 27.8 Å². The van der Waals surface area contributed by atoms with Crippen LogP contribution in [0.25, 0.3) is 11.5 Å². The molecule has 0 aliphatic carbocycles. The van der Waals surface area contributed by atoms with Gasteiger partial charge in [0.1, 0.15) is 0 Å². The van der Waals surface area contributed by atoms with Crippen LogP contribution >= 0.6 is 12.2 Å². The van der Waals surface area contributed by atoms with E-state index < -0.39 is 4.92 Å². The number of benzene rings is 1. The summed E-state index contributed by atoms with van der Waals surface area (Å²) in [6, 6.07) is 6.20. The highest BCUT2D eigenvalue weighted by molar-refractivity contribution is 7.71. The highest BCUT2D eigenvalue weighted by atomic mass is 32.1. The Hall–Kier alpha value is -2.06. The first-order chi connectivity index (χ1) is 10.1. The van der Waals surface area contributed by atoms with Gasteiger partial charge in [0.15, 0.2) is 6.67 Å². The Labute approximate surface area is 125 Å². The lowest BCUT2D eigenvalue weighted by Gasteiger charge is -2.10. The standard InChI is InChI=1S/C13H14N4O3S/c18-17(19)11-5-3-4-10(8-11)12-14-16(13(21)20-12)9-15-6-1-2-7-15/h3-5,8H,1-2,6-7,9H2/p+1. The largest absolute Gasteiger partial charge is 0.409 e. The Kier molecular flexibility index (Phi) is 3.80. The quantitative estimate of drug-likeness (QED) is 0.525. The number of nitro benzene ring substituents is 1. The van der Waals surface area contributed by atoms with Crippen molar-refractivity contribution in [3.63, 3.8) is 0 Å². The van der Waals surface area contributed by atoms with E-state index in [9.17, 15) is 10.1 Å². The number of aromatic nitrogens is 2. The maximum absolute atomic E-state index is 10.8. The van der Waals surface area contributed by atoms with Crippen LogP contribution in [0.1, 0.15) is 12.8 Å². The predicted octanol–water partition coefficient (Wildman–Crippen LogP) is 1.42. The molecule has 8 heteroatoms. The molecular weight excluding hydrogens is 292 g/mol. The summed E-state index contributed by atoms with van der Waals surface area (Å²) in [7, 11) is 0. The summed E-state index contributed by atoms with van der Waals surface area (Å²) in [5, 5.41) is 15.2. The van der Waals surface area contributed by atoms with Crippen molar-refractivity contribution >= 4 is 17.9 Å². The fourth-order valence-electron chi connectivity index (χ4n) is 2.52. The summed E-state index contributed by atoms with van der Waals surface area (Å²) in [4.78, 5) is 12.1. The second-order valence-electron chi connectivity index (χ2n) is 5.10.